The van der Waals surface area contributed by atoms with Crippen LogP contribution in [-0.4, -0.2) is 215 Å². The summed E-state index contributed by atoms with van der Waals surface area (Å²) >= 11 is 0. The molecule has 0 saturated carbocycles. The Morgan fingerprint density at radius 2 is 1.22 bits per heavy atom. The van der Waals surface area contributed by atoms with Gasteiger partial charge in [-0.15, -0.1) is 0 Å². The Labute approximate surface area is 480 Å². The fraction of sp³-hybridized carbons (Fsp3) is 0.914. The summed E-state index contributed by atoms with van der Waals surface area (Å²) < 4.78 is 33.7. The van der Waals surface area contributed by atoms with E-state index >= 15 is 0 Å². The number of aliphatic carboxylic acids is 1. The van der Waals surface area contributed by atoms with Gasteiger partial charge in [0.25, 0.3) is 5.79 Å². The van der Waals surface area contributed by atoms with Crippen LogP contribution in [0.4, 0.5) is 0 Å². The lowest BCUT2D eigenvalue weighted by molar-refractivity contribution is -0.339. The average molecular weight is 1170 g/mol. The highest BCUT2D eigenvalue weighted by Crippen LogP contribution is 2.35. The zero-order chi connectivity index (χ0) is 59.9. The number of carbonyl (C=O) groups excluding carboxylic acids is 2. The van der Waals surface area contributed by atoms with E-state index in [4.69, 9.17) is 28.4 Å². The highest BCUT2D eigenvalue weighted by molar-refractivity contribution is 5.78. The van der Waals surface area contributed by atoms with Gasteiger partial charge in [-0.2, -0.15) is 0 Å². The first-order chi connectivity index (χ1) is 38.7. The Kier molecular flexibility index (Phi) is 35.9. The molecule has 3 aliphatic rings. The zero-order valence-electron chi connectivity index (χ0n) is 48.8. The topological polar surface area (TPSA) is 373 Å². The molecule has 474 valence electrons. The first-order valence-electron chi connectivity index (χ1n) is 30.5. The molecule has 14 N–H and O–H groups in total. The minimum absolute atomic E-state index is 0.189. The number of carboxylic acid groups (broad SMARTS) is 1. The van der Waals surface area contributed by atoms with Crippen molar-refractivity contribution in [3.63, 3.8) is 0 Å². The molecule has 0 spiro atoms. The summed E-state index contributed by atoms with van der Waals surface area (Å²) in [6, 6.07) is -2.79. The second-order valence-corrected chi connectivity index (χ2v) is 22.9. The van der Waals surface area contributed by atoms with Crippen LogP contribution in [0.2, 0.25) is 0 Å². The molecular weight excluding hydrogens is 1060 g/mol. The molecule has 3 saturated heterocycles. The van der Waals surface area contributed by atoms with Crippen LogP contribution in [0.5, 0.6) is 0 Å². The van der Waals surface area contributed by atoms with E-state index in [-0.39, 0.29) is 12.3 Å². The van der Waals surface area contributed by atoms with Crippen molar-refractivity contribution >= 4 is 17.8 Å². The van der Waals surface area contributed by atoms with Crippen LogP contribution in [-0.2, 0) is 42.8 Å². The van der Waals surface area contributed by atoms with Crippen LogP contribution in [0.3, 0.4) is 0 Å². The Hall–Kier alpha value is -2.53. The van der Waals surface area contributed by atoms with Crippen LogP contribution in [0.25, 0.3) is 0 Å². The normalized spacial score (nSPS) is 30.9. The van der Waals surface area contributed by atoms with Crippen LogP contribution >= 0.6 is 0 Å². The molecule has 0 radical (unpaired) electrons. The number of aliphatic hydroxyl groups excluding tert-OH is 11. The minimum atomic E-state index is -2.93. The van der Waals surface area contributed by atoms with Crippen molar-refractivity contribution < 1.29 is 104 Å². The molecule has 0 aliphatic carbocycles. The number of unbranched alkanes of at least 4 members (excludes halogenated alkanes) is 20. The fourth-order valence-corrected chi connectivity index (χ4v) is 10.4. The third-order valence-corrected chi connectivity index (χ3v) is 16.0. The van der Waals surface area contributed by atoms with Gasteiger partial charge in [-0.05, 0) is 32.1 Å². The quantitative estimate of drug-likeness (QED) is 0.0308. The molecular formula is C58H106N2O21. The van der Waals surface area contributed by atoms with Crippen molar-refractivity contribution in [3.8, 4) is 0 Å². The number of amides is 2. The first-order valence-corrected chi connectivity index (χ1v) is 30.5. The van der Waals surface area contributed by atoms with Gasteiger partial charge in [-0.1, -0.05) is 168 Å². The molecule has 3 fully saturated rings. The Balaban J connectivity index is 1.64. The number of hydrogen-bond acceptors (Lipinski definition) is 20. The lowest BCUT2D eigenvalue weighted by Gasteiger charge is -2.47. The summed E-state index contributed by atoms with van der Waals surface area (Å²) in [5, 5.41) is 133. The van der Waals surface area contributed by atoms with Gasteiger partial charge in [-0.3, -0.25) is 9.59 Å². The monoisotopic (exact) mass is 1170 g/mol. The lowest BCUT2D eigenvalue weighted by atomic mass is 9.88. The van der Waals surface area contributed by atoms with Gasteiger partial charge in [-0.25, -0.2) is 4.79 Å². The second-order valence-electron chi connectivity index (χ2n) is 22.9. The summed E-state index contributed by atoms with van der Waals surface area (Å²) in [6.07, 6.45) is 3.60. The molecule has 19 atom stereocenters. The third kappa shape index (κ3) is 25.5. The van der Waals surface area contributed by atoms with Crippen molar-refractivity contribution in [2.24, 2.45) is 5.92 Å². The predicted octanol–water partition coefficient (Wildman–Crippen LogP) is 2.63. The molecule has 23 nitrogen and oxygen atoms in total. The predicted molar refractivity (Wildman–Crippen MR) is 297 cm³/mol. The van der Waals surface area contributed by atoms with Gasteiger partial charge in [0.15, 0.2) is 12.6 Å². The smallest absolute Gasteiger partial charge is 0.364 e. The molecule has 0 aromatic rings. The van der Waals surface area contributed by atoms with E-state index < -0.39 is 155 Å². The summed E-state index contributed by atoms with van der Waals surface area (Å²) in [5.41, 5.74) is 0. The number of aliphatic hydroxyl groups is 11. The molecule has 0 aromatic carbocycles. The van der Waals surface area contributed by atoms with Crippen LogP contribution < -0.4 is 10.6 Å². The van der Waals surface area contributed by atoms with Crippen LogP contribution in [0.15, 0.2) is 12.2 Å². The second kappa shape index (κ2) is 40.0. The summed E-state index contributed by atoms with van der Waals surface area (Å²) in [7, 11) is 0. The van der Waals surface area contributed by atoms with Crippen molar-refractivity contribution in [2.45, 2.75) is 304 Å². The van der Waals surface area contributed by atoms with Crippen molar-refractivity contribution in [3.05, 3.63) is 12.2 Å². The van der Waals surface area contributed by atoms with Gasteiger partial charge in [0.1, 0.15) is 67.6 Å². The summed E-state index contributed by atoms with van der Waals surface area (Å²) in [5.74, 6) is -5.49. The summed E-state index contributed by atoms with van der Waals surface area (Å²) in [4.78, 5) is 39.5. The molecule has 23 heteroatoms. The SMILES string of the molecule is CCCCCCCCCCCCCCCCCC(=O)N[C@@H](CO[C@@H]1O[C@H](CO[C@]2(C(=O)O)C[C@H](O)[C@@H](NC(=O)CO[C@@H]3O[C@@H](C)[C@@H](O)[C@@H](O)[C@@H]3O)[C@H]([C@@H](O)[C@@H](O)CO)O2)[C@@H](O)[C@H](O)[C@H]1O)[C@H](O)/C=C/CCCCCCCCC(C)CC. The maximum atomic E-state index is 13.4. The molecule has 3 aliphatic heterocycles. The number of ether oxygens (including phenoxy) is 6. The molecule has 2 amide bonds. The van der Waals surface area contributed by atoms with Gasteiger partial charge < -0.3 is 100 Å². The van der Waals surface area contributed by atoms with Crippen molar-refractivity contribution in [1.82, 2.24) is 10.6 Å². The molecule has 1 unspecified atom stereocenters. The highest BCUT2D eigenvalue weighted by atomic mass is 16.7. The highest BCUT2D eigenvalue weighted by Gasteiger charge is 2.57. The molecule has 81 heavy (non-hydrogen) atoms. The fourth-order valence-electron chi connectivity index (χ4n) is 10.4. The summed E-state index contributed by atoms with van der Waals surface area (Å²) in [6.45, 7) is 4.68. The van der Waals surface area contributed by atoms with Crippen LogP contribution in [0, 0.1) is 5.92 Å². The third-order valence-electron chi connectivity index (χ3n) is 16.0. The van der Waals surface area contributed by atoms with E-state index in [1.54, 1.807) is 6.08 Å². The molecule has 3 heterocycles. The number of carboxylic acids is 1. The van der Waals surface area contributed by atoms with Crippen molar-refractivity contribution in [1.29, 1.82) is 0 Å². The number of rotatable bonds is 43. The Bertz CT molecular complexity index is 1740. The van der Waals surface area contributed by atoms with E-state index in [0.29, 0.717) is 12.8 Å². The Morgan fingerprint density at radius 1 is 0.679 bits per heavy atom. The standard InChI is InChI=1S/C58H106N2O21/c1-5-7-8-9-10-11-12-13-14-15-16-17-22-25-28-31-44(65)59-39(40(62)30-27-24-21-19-18-20-23-26-29-37(3)6-2)34-76-56-53(73)51(71)49(69)43(80-56)35-78-58(57(74)75)32-41(63)46(54(81-58)48(68)42(64)33-61)60-45(66)36-77-55-52(72)50(70)47(67)38(4)79-55/h27,30,37-43,46-56,61-64,67-73H,5-26,28-29,31-36H2,1-4H3,(H,59,65)(H,60,66)(H,74,75)/b30-27+/t37?,38-,39-,40+,41-,42-,43+,46+,47+,48-,49+,50+,51-,52-,53+,54+,55+,56+,58+/m0/s1. The number of nitrogens with one attached hydrogen (secondary N) is 2. The first kappa shape index (κ1) is 72.7. The molecule has 0 aromatic heterocycles. The maximum absolute atomic E-state index is 13.4. The van der Waals surface area contributed by atoms with Crippen molar-refractivity contribution in [2.75, 3.05) is 26.4 Å². The molecule has 3 rings (SSSR count). The number of allylic oxidation sites excluding steroid dienone is 1. The van der Waals surface area contributed by atoms with E-state index in [1.807, 2.05) is 6.08 Å². The lowest BCUT2D eigenvalue weighted by Crippen LogP contribution is -2.69. The van der Waals surface area contributed by atoms with Gasteiger partial charge >= 0.3 is 5.97 Å². The van der Waals surface area contributed by atoms with E-state index in [9.17, 15) is 75.7 Å². The maximum Gasteiger partial charge on any atom is 0.364 e. The van der Waals surface area contributed by atoms with E-state index in [0.717, 1.165) is 57.3 Å². The Morgan fingerprint density at radius 3 is 1.79 bits per heavy atom. The van der Waals surface area contributed by atoms with E-state index in [2.05, 4.69) is 31.4 Å². The van der Waals surface area contributed by atoms with Gasteiger partial charge in [0.05, 0.1) is 50.2 Å². The average Bonchev–Trinajstić information content (AvgIpc) is 3.44. The minimum Gasteiger partial charge on any atom is -0.477 e. The van der Waals surface area contributed by atoms with Gasteiger partial charge in [0.2, 0.25) is 11.8 Å². The largest absolute Gasteiger partial charge is 0.477 e. The number of hydrogen-bond donors (Lipinski definition) is 14. The number of carbonyl (C=O) groups is 3. The van der Waals surface area contributed by atoms with Crippen LogP contribution in [0.1, 0.15) is 195 Å². The zero-order valence-corrected chi connectivity index (χ0v) is 48.8. The van der Waals surface area contributed by atoms with E-state index in [1.165, 1.54) is 96.8 Å². The van der Waals surface area contributed by atoms with Gasteiger partial charge in [0, 0.05) is 12.8 Å². The molecule has 0 bridgehead atoms.